The molecule has 4 nitrogen and oxygen atoms in total. The Balaban J connectivity index is 1.52. The quantitative estimate of drug-likeness (QED) is 0.166. The highest BCUT2D eigenvalue weighted by Gasteiger charge is 2.11. The zero-order chi connectivity index (χ0) is 23.0. The highest BCUT2D eigenvalue weighted by Crippen LogP contribution is 2.32. The highest BCUT2D eigenvalue weighted by atomic mass is 35.5. The molecule has 0 aliphatic rings. The smallest absolute Gasteiger partial charge is 0.199 e. The Morgan fingerprint density at radius 1 is 0.848 bits per heavy atom. The van der Waals surface area contributed by atoms with E-state index >= 15 is 0 Å². The number of nitrogens with one attached hydrogen (secondary N) is 1. The molecule has 0 radical (unpaired) electrons. The maximum atomic E-state index is 6.10. The van der Waals surface area contributed by atoms with Crippen LogP contribution in [0.5, 0.6) is 0 Å². The minimum absolute atomic E-state index is 0.380. The Morgan fingerprint density at radius 2 is 1.48 bits per heavy atom. The van der Waals surface area contributed by atoms with Crippen LogP contribution in [0.15, 0.2) is 96.1 Å². The molecule has 0 bridgehead atoms. The van der Waals surface area contributed by atoms with E-state index in [1.54, 1.807) is 0 Å². The van der Waals surface area contributed by atoms with E-state index in [0.717, 1.165) is 33.7 Å². The fourth-order valence-electron chi connectivity index (χ4n) is 3.26. The summed E-state index contributed by atoms with van der Waals surface area (Å²) in [5.41, 5.74) is 12.1. The number of nitrogens with zero attached hydrogens (tertiary/aromatic N) is 2. The van der Waals surface area contributed by atoms with Gasteiger partial charge in [0.05, 0.1) is 12.2 Å². The van der Waals surface area contributed by atoms with Gasteiger partial charge >= 0.3 is 0 Å². The summed E-state index contributed by atoms with van der Waals surface area (Å²) in [5, 5.41) is 1.37. The SMILES string of the molecule is NC(=NCc1cnc(-c2ccc(Cl)cc2)c(-c2ccc(Cl)cc2)c1)NSCc1ccccc1. The molecule has 0 fully saturated rings. The molecule has 7 heteroatoms. The van der Waals surface area contributed by atoms with Gasteiger partial charge in [-0.3, -0.25) is 4.98 Å². The van der Waals surface area contributed by atoms with E-state index in [1.807, 2.05) is 72.9 Å². The lowest BCUT2D eigenvalue weighted by atomic mass is 9.98. The van der Waals surface area contributed by atoms with Crippen LogP contribution in [0.1, 0.15) is 11.1 Å². The van der Waals surface area contributed by atoms with Gasteiger partial charge in [-0.15, -0.1) is 0 Å². The number of halogens is 2. The van der Waals surface area contributed by atoms with E-state index in [2.05, 4.69) is 27.9 Å². The van der Waals surface area contributed by atoms with Crippen molar-refractivity contribution in [3.8, 4) is 22.4 Å². The van der Waals surface area contributed by atoms with Gasteiger partial charge in [0.25, 0.3) is 0 Å². The summed E-state index contributed by atoms with van der Waals surface area (Å²) in [6.07, 6.45) is 1.83. The second-order valence-electron chi connectivity index (χ2n) is 7.33. The van der Waals surface area contributed by atoms with Crippen molar-refractivity contribution in [2.45, 2.75) is 12.3 Å². The molecule has 0 saturated carbocycles. The molecule has 0 aliphatic carbocycles. The van der Waals surface area contributed by atoms with Crippen molar-refractivity contribution >= 4 is 41.1 Å². The van der Waals surface area contributed by atoms with Gasteiger partial charge in [0.15, 0.2) is 5.96 Å². The summed E-state index contributed by atoms with van der Waals surface area (Å²) in [7, 11) is 0. The average Bonchev–Trinajstić information content (AvgIpc) is 2.84. The van der Waals surface area contributed by atoms with E-state index in [-0.39, 0.29) is 0 Å². The Bertz CT molecular complexity index is 1230. The van der Waals surface area contributed by atoms with Gasteiger partial charge in [-0.25, -0.2) is 4.99 Å². The standard InChI is InChI=1S/C26H22Cl2N4S/c27-22-10-6-20(7-11-22)24-14-19(15-30-25(24)21-8-12-23(28)13-9-21)16-31-26(29)32-33-17-18-4-2-1-3-5-18/h1-15H,16-17H2,(H3,29,31,32). The van der Waals surface area contributed by atoms with Crippen molar-refractivity contribution in [1.82, 2.24) is 9.71 Å². The molecule has 0 spiro atoms. The average molecular weight is 493 g/mol. The Kier molecular flexibility index (Phi) is 7.89. The zero-order valence-corrected chi connectivity index (χ0v) is 20.0. The maximum Gasteiger partial charge on any atom is 0.199 e. The summed E-state index contributed by atoms with van der Waals surface area (Å²) in [6.45, 7) is 0.416. The van der Waals surface area contributed by atoms with Crippen molar-refractivity contribution in [2.24, 2.45) is 10.7 Å². The van der Waals surface area contributed by atoms with Crippen LogP contribution < -0.4 is 10.5 Å². The lowest BCUT2D eigenvalue weighted by Crippen LogP contribution is -2.26. The minimum atomic E-state index is 0.380. The molecule has 0 atom stereocenters. The molecule has 3 N–H and O–H groups in total. The normalized spacial score (nSPS) is 11.4. The molecule has 4 aromatic rings. The number of pyridine rings is 1. The van der Waals surface area contributed by atoms with Crippen LogP contribution in [0.2, 0.25) is 10.0 Å². The third-order valence-corrected chi connectivity index (χ3v) is 6.24. The zero-order valence-electron chi connectivity index (χ0n) is 17.7. The lowest BCUT2D eigenvalue weighted by Gasteiger charge is -2.12. The highest BCUT2D eigenvalue weighted by molar-refractivity contribution is 7.97. The third-order valence-electron chi connectivity index (χ3n) is 4.91. The largest absolute Gasteiger partial charge is 0.369 e. The molecule has 1 heterocycles. The molecule has 1 aromatic heterocycles. The number of nitrogens with two attached hydrogens (primary N) is 1. The number of hydrogen-bond donors (Lipinski definition) is 2. The van der Waals surface area contributed by atoms with Crippen molar-refractivity contribution in [3.63, 3.8) is 0 Å². The Hall–Kier alpha value is -2.99. The Labute approximate surface area is 208 Å². The van der Waals surface area contributed by atoms with E-state index in [1.165, 1.54) is 17.5 Å². The lowest BCUT2D eigenvalue weighted by molar-refractivity contribution is 1.03. The molecular formula is C26H22Cl2N4S. The van der Waals surface area contributed by atoms with E-state index < -0.39 is 0 Å². The van der Waals surface area contributed by atoms with Gasteiger partial charge in [-0.1, -0.05) is 77.8 Å². The minimum Gasteiger partial charge on any atom is -0.369 e. The maximum absolute atomic E-state index is 6.10. The van der Waals surface area contributed by atoms with Gasteiger partial charge in [-0.2, -0.15) is 0 Å². The summed E-state index contributed by atoms with van der Waals surface area (Å²) < 4.78 is 3.09. The second-order valence-corrected chi connectivity index (χ2v) is 8.99. The summed E-state index contributed by atoms with van der Waals surface area (Å²) in [6, 6.07) is 27.7. The van der Waals surface area contributed by atoms with Crippen LogP contribution in [0.25, 0.3) is 22.4 Å². The van der Waals surface area contributed by atoms with E-state index in [9.17, 15) is 0 Å². The van der Waals surface area contributed by atoms with Gasteiger partial charge in [-0.05, 0) is 59.0 Å². The molecule has 0 aliphatic heterocycles. The number of benzene rings is 3. The predicted octanol–water partition coefficient (Wildman–Crippen LogP) is 6.98. The monoisotopic (exact) mass is 492 g/mol. The van der Waals surface area contributed by atoms with Crippen LogP contribution >= 0.6 is 35.1 Å². The first kappa shape index (κ1) is 23.2. The first-order valence-electron chi connectivity index (χ1n) is 10.3. The molecule has 4 rings (SSSR count). The fourth-order valence-corrected chi connectivity index (χ4v) is 4.15. The van der Waals surface area contributed by atoms with E-state index in [0.29, 0.717) is 22.5 Å². The first-order chi connectivity index (χ1) is 16.1. The topological polar surface area (TPSA) is 63.3 Å². The number of hydrogen-bond acceptors (Lipinski definition) is 3. The molecule has 0 amide bonds. The fraction of sp³-hybridized carbons (Fsp3) is 0.0769. The summed E-state index contributed by atoms with van der Waals surface area (Å²) in [5.74, 6) is 1.18. The van der Waals surface area contributed by atoms with Crippen LogP contribution in [0, 0.1) is 0 Å². The second kappa shape index (κ2) is 11.2. The number of aliphatic imine (C=N–C) groups is 1. The van der Waals surface area contributed by atoms with E-state index in [4.69, 9.17) is 33.9 Å². The van der Waals surface area contributed by atoms with Gasteiger partial charge < -0.3 is 10.5 Å². The number of guanidine groups is 1. The summed E-state index contributed by atoms with van der Waals surface area (Å²) in [4.78, 5) is 9.22. The third kappa shape index (κ3) is 6.51. The van der Waals surface area contributed by atoms with Crippen molar-refractivity contribution in [1.29, 1.82) is 0 Å². The van der Waals surface area contributed by atoms with Gasteiger partial charge in [0, 0.05) is 33.1 Å². The molecule has 3 aromatic carbocycles. The molecule has 0 saturated heterocycles. The molecule has 0 unspecified atom stereocenters. The Morgan fingerprint density at radius 3 is 2.15 bits per heavy atom. The van der Waals surface area contributed by atoms with Gasteiger partial charge in [0.2, 0.25) is 0 Å². The van der Waals surface area contributed by atoms with Crippen LogP contribution in [-0.4, -0.2) is 10.9 Å². The summed E-state index contributed by atoms with van der Waals surface area (Å²) >= 11 is 13.7. The predicted molar refractivity (Wildman–Crippen MR) is 141 cm³/mol. The van der Waals surface area contributed by atoms with Crippen molar-refractivity contribution < 1.29 is 0 Å². The molecule has 166 valence electrons. The van der Waals surface area contributed by atoms with Crippen LogP contribution in [-0.2, 0) is 12.3 Å². The van der Waals surface area contributed by atoms with Crippen molar-refractivity contribution in [3.05, 3.63) is 112 Å². The van der Waals surface area contributed by atoms with Crippen LogP contribution in [0.3, 0.4) is 0 Å². The number of aromatic nitrogens is 1. The van der Waals surface area contributed by atoms with Crippen molar-refractivity contribution in [2.75, 3.05) is 0 Å². The van der Waals surface area contributed by atoms with Gasteiger partial charge in [0.1, 0.15) is 0 Å². The van der Waals surface area contributed by atoms with Crippen LogP contribution in [0.4, 0.5) is 0 Å². The first-order valence-corrected chi connectivity index (χ1v) is 12.0. The molecule has 33 heavy (non-hydrogen) atoms. The number of rotatable bonds is 7. The molecular weight excluding hydrogens is 471 g/mol.